The van der Waals surface area contributed by atoms with Crippen LogP contribution in [0.1, 0.15) is 17.4 Å². The van der Waals surface area contributed by atoms with Gasteiger partial charge < -0.3 is 0 Å². The standard InChI is InChI=1S/C14H11BrN4S2/c1-3-9-7(2)21-14-11(9)13-17-12(18-19(13)6-16-14)10-4-8(15)5-20-10/h4-6H,3H2,1-2H3. The molecular weight excluding hydrogens is 368 g/mol. The quantitative estimate of drug-likeness (QED) is 0.507. The Kier molecular flexibility index (Phi) is 3.09. The Labute approximate surface area is 137 Å². The van der Waals surface area contributed by atoms with E-state index in [0.29, 0.717) is 0 Å². The van der Waals surface area contributed by atoms with E-state index in [-0.39, 0.29) is 0 Å². The molecule has 0 aliphatic rings. The molecule has 21 heavy (non-hydrogen) atoms. The first-order valence-electron chi connectivity index (χ1n) is 6.55. The fourth-order valence-corrected chi connectivity index (χ4v) is 4.96. The van der Waals surface area contributed by atoms with E-state index < -0.39 is 0 Å². The summed E-state index contributed by atoms with van der Waals surface area (Å²) < 4.78 is 2.85. The van der Waals surface area contributed by atoms with Gasteiger partial charge >= 0.3 is 0 Å². The third kappa shape index (κ3) is 2.03. The molecular formula is C14H11BrN4S2. The lowest BCUT2D eigenvalue weighted by molar-refractivity contribution is 0.940. The number of hydrogen-bond donors (Lipinski definition) is 0. The first-order valence-corrected chi connectivity index (χ1v) is 9.04. The Balaban J connectivity index is 2.04. The van der Waals surface area contributed by atoms with Crippen molar-refractivity contribution in [2.24, 2.45) is 0 Å². The van der Waals surface area contributed by atoms with E-state index >= 15 is 0 Å². The predicted octanol–water partition coefficient (Wildman–Crippen LogP) is 4.70. The van der Waals surface area contributed by atoms with Crippen LogP contribution in [0.5, 0.6) is 0 Å². The topological polar surface area (TPSA) is 43.1 Å². The Morgan fingerprint density at radius 2 is 2.24 bits per heavy atom. The number of hydrogen-bond acceptors (Lipinski definition) is 5. The maximum Gasteiger partial charge on any atom is 0.192 e. The van der Waals surface area contributed by atoms with Gasteiger partial charge in [-0.05, 0) is 40.9 Å². The highest BCUT2D eigenvalue weighted by atomic mass is 79.9. The van der Waals surface area contributed by atoms with Gasteiger partial charge in [0.1, 0.15) is 11.2 Å². The van der Waals surface area contributed by atoms with Gasteiger partial charge in [-0.3, -0.25) is 0 Å². The van der Waals surface area contributed by atoms with Crippen molar-refractivity contribution in [2.45, 2.75) is 20.3 Å². The van der Waals surface area contributed by atoms with Crippen LogP contribution >= 0.6 is 38.6 Å². The molecule has 106 valence electrons. The Morgan fingerprint density at radius 1 is 1.38 bits per heavy atom. The molecule has 4 heterocycles. The highest BCUT2D eigenvalue weighted by molar-refractivity contribution is 9.10. The largest absolute Gasteiger partial charge is 0.225 e. The molecule has 0 amide bonds. The Hall–Kier alpha value is -1.31. The van der Waals surface area contributed by atoms with E-state index in [1.54, 1.807) is 33.5 Å². The van der Waals surface area contributed by atoms with Crippen LogP contribution in [0.3, 0.4) is 0 Å². The average Bonchev–Trinajstić information content (AvgIpc) is 3.13. The normalized spacial score (nSPS) is 11.8. The van der Waals surface area contributed by atoms with E-state index in [2.05, 4.69) is 39.9 Å². The van der Waals surface area contributed by atoms with E-state index in [0.717, 1.165) is 37.5 Å². The van der Waals surface area contributed by atoms with Gasteiger partial charge in [-0.1, -0.05) is 6.92 Å². The van der Waals surface area contributed by atoms with Crippen LogP contribution in [0.2, 0.25) is 0 Å². The van der Waals surface area contributed by atoms with E-state index in [1.165, 1.54) is 10.4 Å². The molecule has 7 heteroatoms. The number of aromatic nitrogens is 4. The van der Waals surface area contributed by atoms with Crippen LogP contribution in [0, 0.1) is 6.92 Å². The molecule has 0 radical (unpaired) electrons. The van der Waals surface area contributed by atoms with E-state index in [9.17, 15) is 0 Å². The summed E-state index contributed by atoms with van der Waals surface area (Å²) in [7, 11) is 0. The van der Waals surface area contributed by atoms with Crippen LogP contribution < -0.4 is 0 Å². The molecule has 0 saturated heterocycles. The van der Waals surface area contributed by atoms with Crippen LogP contribution in [-0.2, 0) is 6.42 Å². The van der Waals surface area contributed by atoms with Crippen molar-refractivity contribution in [1.82, 2.24) is 19.6 Å². The summed E-state index contributed by atoms with van der Waals surface area (Å²) in [5, 5.41) is 7.76. The molecule has 0 atom stereocenters. The summed E-state index contributed by atoms with van der Waals surface area (Å²) in [5.41, 5.74) is 2.24. The third-order valence-corrected chi connectivity index (χ3v) is 6.21. The summed E-state index contributed by atoms with van der Waals surface area (Å²) in [6, 6.07) is 2.05. The number of halogens is 1. The maximum absolute atomic E-state index is 4.75. The molecule has 0 spiro atoms. The summed E-state index contributed by atoms with van der Waals surface area (Å²) in [4.78, 5) is 12.7. The molecule has 0 aliphatic heterocycles. The SMILES string of the molecule is CCc1c(C)sc2ncn3nc(-c4cc(Br)cs4)nc3c12. The van der Waals surface area contributed by atoms with Gasteiger partial charge in [0.25, 0.3) is 0 Å². The second kappa shape index (κ2) is 4.86. The number of thiophene rings is 2. The van der Waals surface area contributed by atoms with Gasteiger partial charge in [0.2, 0.25) is 0 Å². The predicted molar refractivity (Wildman–Crippen MR) is 91.3 cm³/mol. The first kappa shape index (κ1) is 13.4. The second-order valence-electron chi connectivity index (χ2n) is 4.75. The van der Waals surface area contributed by atoms with Gasteiger partial charge in [-0.25, -0.2) is 14.5 Å². The third-order valence-electron chi connectivity index (χ3n) is 3.47. The van der Waals surface area contributed by atoms with Crippen molar-refractivity contribution in [2.75, 3.05) is 0 Å². The summed E-state index contributed by atoms with van der Waals surface area (Å²) in [6.07, 6.45) is 2.74. The average molecular weight is 379 g/mol. The maximum atomic E-state index is 4.75. The molecule has 4 nitrogen and oxygen atoms in total. The van der Waals surface area contributed by atoms with Crippen molar-refractivity contribution in [3.8, 4) is 10.7 Å². The van der Waals surface area contributed by atoms with Gasteiger partial charge in [-0.15, -0.1) is 27.8 Å². The van der Waals surface area contributed by atoms with E-state index in [1.807, 2.05) is 11.4 Å². The molecule has 4 aromatic rings. The van der Waals surface area contributed by atoms with Crippen molar-refractivity contribution in [3.05, 3.63) is 32.7 Å². The van der Waals surface area contributed by atoms with Gasteiger partial charge in [0.15, 0.2) is 11.5 Å². The number of fused-ring (bicyclic) bond motifs is 3. The molecule has 4 rings (SSSR count). The highest BCUT2D eigenvalue weighted by Gasteiger charge is 2.16. The molecule has 0 aliphatic carbocycles. The van der Waals surface area contributed by atoms with Crippen LogP contribution in [0.4, 0.5) is 0 Å². The Bertz CT molecular complexity index is 966. The first-order chi connectivity index (χ1) is 10.2. The van der Waals surface area contributed by atoms with Gasteiger partial charge in [0, 0.05) is 14.7 Å². The Morgan fingerprint density at radius 3 is 2.95 bits per heavy atom. The minimum atomic E-state index is 0.755. The lowest BCUT2D eigenvalue weighted by atomic mass is 10.1. The molecule has 4 aromatic heterocycles. The molecule has 0 fully saturated rings. The zero-order valence-corrected chi connectivity index (χ0v) is 14.6. The molecule has 0 saturated carbocycles. The van der Waals surface area contributed by atoms with Crippen molar-refractivity contribution < 1.29 is 0 Å². The van der Waals surface area contributed by atoms with Crippen molar-refractivity contribution in [3.63, 3.8) is 0 Å². The van der Waals surface area contributed by atoms with E-state index in [4.69, 9.17) is 4.98 Å². The lowest BCUT2D eigenvalue weighted by Crippen LogP contribution is -1.91. The zero-order chi connectivity index (χ0) is 14.6. The molecule has 0 aromatic carbocycles. The fraction of sp³-hybridized carbons (Fsp3) is 0.214. The monoisotopic (exact) mass is 378 g/mol. The smallest absolute Gasteiger partial charge is 0.192 e. The molecule has 0 N–H and O–H groups in total. The summed E-state index contributed by atoms with van der Waals surface area (Å²) >= 11 is 6.84. The highest BCUT2D eigenvalue weighted by Crippen LogP contribution is 2.34. The van der Waals surface area contributed by atoms with Crippen molar-refractivity contribution in [1.29, 1.82) is 0 Å². The molecule has 0 unspecified atom stereocenters. The number of nitrogens with zero attached hydrogens (tertiary/aromatic N) is 4. The van der Waals surface area contributed by atoms with Gasteiger partial charge in [0.05, 0.1) is 10.3 Å². The van der Waals surface area contributed by atoms with Crippen LogP contribution in [-0.4, -0.2) is 19.6 Å². The summed E-state index contributed by atoms with van der Waals surface area (Å²) in [6.45, 7) is 4.32. The van der Waals surface area contributed by atoms with Gasteiger partial charge in [-0.2, -0.15) is 0 Å². The minimum absolute atomic E-state index is 0.755. The zero-order valence-electron chi connectivity index (χ0n) is 11.4. The summed E-state index contributed by atoms with van der Waals surface area (Å²) in [5.74, 6) is 0.755. The second-order valence-corrected chi connectivity index (χ2v) is 7.78. The number of aryl methyl sites for hydroxylation is 2. The minimum Gasteiger partial charge on any atom is -0.225 e. The van der Waals surface area contributed by atoms with Crippen LogP contribution in [0.25, 0.3) is 26.6 Å². The molecule has 0 bridgehead atoms. The van der Waals surface area contributed by atoms with Crippen molar-refractivity contribution >= 4 is 54.5 Å². The number of rotatable bonds is 2. The van der Waals surface area contributed by atoms with Crippen LogP contribution in [0.15, 0.2) is 22.2 Å². The fourth-order valence-electron chi connectivity index (χ4n) is 2.53. The lowest BCUT2D eigenvalue weighted by Gasteiger charge is -1.96.